The highest BCUT2D eigenvalue weighted by Crippen LogP contribution is 2.53. The van der Waals surface area contributed by atoms with Gasteiger partial charge in [-0.1, -0.05) is 50.8 Å². The zero-order chi connectivity index (χ0) is 43.9. The lowest BCUT2D eigenvalue weighted by atomic mass is 9.77. The van der Waals surface area contributed by atoms with Crippen LogP contribution in [0, 0.1) is 0 Å². The summed E-state index contributed by atoms with van der Waals surface area (Å²) >= 11 is 0. The van der Waals surface area contributed by atoms with E-state index in [1.165, 1.54) is 24.3 Å². The fraction of sp³-hybridized carbons (Fsp3) is 0.500. The number of hydrogen-bond acceptors (Lipinski definition) is 8. The minimum absolute atomic E-state index is 0.0978. The Kier molecular flexibility index (Phi) is 15.0. The van der Waals surface area contributed by atoms with Gasteiger partial charge in [0.15, 0.2) is 5.71 Å². The molecule has 326 valence electrons. The monoisotopic (exact) mass is 867 g/mol. The largest absolute Gasteiger partial charge is 0.480 e. The summed E-state index contributed by atoms with van der Waals surface area (Å²) in [5.41, 5.74) is 2.65. The zero-order valence-electron chi connectivity index (χ0n) is 34.9. The molecular weight excluding hydrogens is 809 g/mol. The molecular formula is C44H59N4O10S2+. The number of allylic oxidation sites excluding steroid dienone is 6. The van der Waals surface area contributed by atoms with Gasteiger partial charge in [-0.3, -0.25) is 18.7 Å². The van der Waals surface area contributed by atoms with Gasteiger partial charge in [-0.15, -0.1) is 0 Å². The number of carbonyl (C=O) groups excluding carboxylic acids is 2. The SMILES string of the molecule is CCCCC(C(=O)O)N1\C2=C/C=C/C=C/C3=[N+](CCCCCC(=O)NCCNC(=O)CCCCCC2(C)c2cc(S(=O)(=O)O)ccc21)c1ccc(S(=O)(=O)O)cc1C3(C)C. The minimum Gasteiger partial charge on any atom is -0.480 e. The van der Waals surface area contributed by atoms with Crippen molar-refractivity contribution in [3.05, 3.63) is 83.6 Å². The van der Waals surface area contributed by atoms with Crippen LogP contribution < -0.4 is 15.5 Å². The number of unbranched alkanes of at least 4 members (excludes halogenated alkanes) is 1. The molecule has 2 unspecified atom stereocenters. The van der Waals surface area contributed by atoms with Crippen molar-refractivity contribution in [1.29, 1.82) is 0 Å². The second-order valence-corrected chi connectivity index (χ2v) is 19.4. The Morgan fingerprint density at radius 2 is 1.42 bits per heavy atom. The first-order chi connectivity index (χ1) is 28.3. The highest BCUT2D eigenvalue weighted by atomic mass is 32.2. The predicted octanol–water partition coefficient (Wildman–Crippen LogP) is 6.73. The van der Waals surface area contributed by atoms with Gasteiger partial charge in [-0.2, -0.15) is 21.4 Å². The van der Waals surface area contributed by atoms with E-state index in [1.54, 1.807) is 17.0 Å². The van der Waals surface area contributed by atoms with E-state index < -0.39 is 43.1 Å². The number of anilines is 1. The minimum atomic E-state index is -4.59. The first-order valence-corrected chi connectivity index (χ1v) is 23.7. The van der Waals surface area contributed by atoms with Crippen LogP contribution in [-0.4, -0.2) is 84.8 Å². The highest BCUT2D eigenvalue weighted by Gasteiger charge is 2.48. The van der Waals surface area contributed by atoms with Crippen LogP contribution in [0.2, 0.25) is 0 Å². The molecule has 0 saturated carbocycles. The summed E-state index contributed by atoms with van der Waals surface area (Å²) in [5, 5.41) is 16.3. The van der Waals surface area contributed by atoms with Gasteiger partial charge in [0.1, 0.15) is 12.6 Å². The molecule has 2 aromatic rings. The van der Waals surface area contributed by atoms with Crippen molar-refractivity contribution in [2.75, 3.05) is 24.5 Å². The number of nitrogens with zero attached hydrogens (tertiary/aromatic N) is 2. The summed E-state index contributed by atoms with van der Waals surface area (Å²) in [7, 11) is -9.04. The molecule has 60 heavy (non-hydrogen) atoms. The van der Waals surface area contributed by atoms with Crippen LogP contribution in [0.15, 0.2) is 82.3 Å². The van der Waals surface area contributed by atoms with Gasteiger partial charge in [0.2, 0.25) is 17.5 Å². The topological polar surface area (TPSA) is 210 Å². The third-order valence-corrected chi connectivity index (χ3v) is 13.6. The molecule has 5 N–H and O–H groups in total. The molecule has 3 heterocycles. The number of aliphatic carboxylic acids is 1. The second-order valence-electron chi connectivity index (χ2n) is 16.5. The van der Waals surface area contributed by atoms with Gasteiger partial charge < -0.3 is 20.6 Å². The van der Waals surface area contributed by atoms with E-state index >= 15 is 0 Å². The molecule has 0 spiro atoms. The molecule has 0 radical (unpaired) electrons. The van der Waals surface area contributed by atoms with Gasteiger partial charge in [-0.05, 0) is 94.8 Å². The van der Waals surface area contributed by atoms with Crippen LogP contribution in [-0.2, 0) is 45.4 Å². The smallest absolute Gasteiger partial charge is 0.326 e. The highest BCUT2D eigenvalue weighted by molar-refractivity contribution is 7.86. The van der Waals surface area contributed by atoms with Crippen LogP contribution >= 0.6 is 0 Å². The fourth-order valence-electron chi connectivity index (χ4n) is 8.65. The number of rotatable bonds is 7. The number of nitrogens with one attached hydrogen (secondary N) is 2. The van der Waals surface area contributed by atoms with Crippen LogP contribution in [0.5, 0.6) is 0 Å². The van der Waals surface area contributed by atoms with Gasteiger partial charge in [0.05, 0.1) is 15.2 Å². The Morgan fingerprint density at radius 1 is 0.817 bits per heavy atom. The van der Waals surface area contributed by atoms with E-state index in [0.29, 0.717) is 87.9 Å². The van der Waals surface area contributed by atoms with Crippen molar-refractivity contribution >= 4 is 55.1 Å². The fourth-order valence-corrected chi connectivity index (χ4v) is 9.67. The number of hydrogen-bond donors (Lipinski definition) is 5. The molecule has 16 heteroatoms. The van der Waals surface area contributed by atoms with Crippen molar-refractivity contribution in [3.8, 4) is 0 Å². The van der Waals surface area contributed by atoms with Crippen LogP contribution in [0.1, 0.15) is 116 Å². The van der Waals surface area contributed by atoms with Crippen LogP contribution in [0.25, 0.3) is 0 Å². The predicted molar refractivity (Wildman–Crippen MR) is 230 cm³/mol. The van der Waals surface area contributed by atoms with Gasteiger partial charge in [0, 0.05) is 66.9 Å². The van der Waals surface area contributed by atoms with Crippen molar-refractivity contribution in [1.82, 2.24) is 10.6 Å². The van der Waals surface area contributed by atoms with E-state index in [-0.39, 0.29) is 28.0 Å². The van der Waals surface area contributed by atoms with Gasteiger partial charge >= 0.3 is 5.97 Å². The molecule has 0 bridgehead atoms. The van der Waals surface area contributed by atoms with E-state index in [2.05, 4.69) is 15.2 Å². The molecule has 2 amide bonds. The Labute approximate surface area is 354 Å². The van der Waals surface area contributed by atoms with Crippen molar-refractivity contribution in [3.63, 3.8) is 0 Å². The lowest BCUT2D eigenvalue weighted by Crippen LogP contribution is -2.41. The first-order valence-electron chi connectivity index (χ1n) is 20.8. The number of carboxylic acid groups (broad SMARTS) is 1. The van der Waals surface area contributed by atoms with Crippen molar-refractivity contribution < 1.29 is 50.0 Å². The Hall–Kier alpha value is -4.64. The summed E-state index contributed by atoms with van der Waals surface area (Å²) < 4.78 is 71.2. The normalized spacial score (nSPS) is 23.6. The third kappa shape index (κ3) is 10.6. The molecule has 2 atom stereocenters. The Balaban J connectivity index is 1.60. The molecule has 0 aliphatic carbocycles. The first kappa shape index (κ1) is 46.4. The van der Waals surface area contributed by atoms with E-state index in [9.17, 15) is 45.4 Å². The molecule has 3 aliphatic heterocycles. The molecule has 0 fully saturated rings. The summed E-state index contributed by atoms with van der Waals surface area (Å²) in [6, 6.07) is 7.91. The number of carboxylic acids is 1. The Bertz CT molecular complexity index is 2310. The van der Waals surface area contributed by atoms with Crippen LogP contribution in [0.3, 0.4) is 0 Å². The quantitative estimate of drug-likeness (QED) is 0.146. The number of carbonyl (C=O) groups is 3. The standard InChI is InChI=1S/C44H58N4O10S2/c1-5-6-16-37(42(51)52)48-36-24-22-32(60(56,57)58)30-34(36)44(4)25-14-8-12-19-40(49)45-26-27-46-41(50)20-13-9-15-28-47-35-23-21-31(59(53,54)55)29-33(35)43(2,3)38(47)17-10-7-11-18-39(44)48/h7,10-11,17-18,21-24,29-30,37H,5-6,8-9,12-16,19-20,25-28H2,1-4H3,(H4-,45,46,49,50,51,52,53,54,55,56,57,58)/p+1. The lowest BCUT2D eigenvalue weighted by molar-refractivity contribution is -0.438. The zero-order valence-corrected chi connectivity index (χ0v) is 36.6. The van der Waals surface area contributed by atoms with E-state index in [4.69, 9.17) is 0 Å². The molecule has 0 saturated heterocycles. The lowest BCUT2D eigenvalue weighted by Gasteiger charge is -2.34. The number of benzene rings is 2. The molecule has 3 aliphatic rings. The third-order valence-electron chi connectivity index (χ3n) is 11.9. The van der Waals surface area contributed by atoms with E-state index in [0.717, 1.165) is 36.2 Å². The maximum Gasteiger partial charge on any atom is 0.326 e. The second kappa shape index (κ2) is 19.4. The summed E-state index contributed by atoms with van der Waals surface area (Å²) in [4.78, 5) is 39.5. The van der Waals surface area contributed by atoms with Gasteiger partial charge in [0.25, 0.3) is 20.2 Å². The number of fused-ring (bicyclic) bond motifs is 5. The maximum atomic E-state index is 13.0. The van der Waals surface area contributed by atoms with Crippen LogP contribution in [0.4, 0.5) is 11.4 Å². The maximum absolute atomic E-state index is 13.0. The Morgan fingerprint density at radius 3 is 2.02 bits per heavy atom. The molecule has 0 aromatic heterocycles. The van der Waals surface area contributed by atoms with Gasteiger partial charge in [-0.25, -0.2) is 4.79 Å². The summed E-state index contributed by atoms with van der Waals surface area (Å²) in [6.45, 7) is 9.08. The molecule has 2 aromatic carbocycles. The molecule has 5 rings (SSSR count). The van der Waals surface area contributed by atoms with Crippen molar-refractivity contribution in [2.24, 2.45) is 0 Å². The molecule has 14 nitrogen and oxygen atoms in total. The van der Waals surface area contributed by atoms with E-state index in [1.807, 2.05) is 58.1 Å². The summed E-state index contributed by atoms with van der Waals surface area (Å²) in [6.07, 6.45) is 16.2. The average molecular weight is 868 g/mol. The van der Waals surface area contributed by atoms with Crippen molar-refractivity contribution in [2.45, 2.75) is 131 Å². The average Bonchev–Trinajstić information content (AvgIpc) is 3.54. The summed E-state index contributed by atoms with van der Waals surface area (Å²) in [5.74, 6) is -1.25. The number of amides is 2.